The zero-order chi connectivity index (χ0) is 18.0. The van der Waals surface area contributed by atoms with Crippen LogP contribution in [0.3, 0.4) is 0 Å². The van der Waals surface area contributed by atoms with Crippen LogP contribution < -0.4 is 0 Å². The van der Waals surface area contributed by atoms with Gasteiger partial charge in [0.25, 0.3) is 0 Å². The lowest BCUT2D eigenvalue weighted by Gasteiger charge is -2.18. The summed E-state index contributed by atoms with van der Waals surface area (Å²) in [5.74, 6) is 0.989. The monoisotopic (exact) mass is 330 g/mol. The third-order valence-electron chi connectivity index (χ3n) is 4.19. The predicted octanol–water partition coefficient (Wildman–Crippen LogP) is 5.99. The summed E-state index contributed by atoms with van der Waals surface area (Å²) < 4.78 is 5.92. The molecule has 126 valence electrons. The van der Waals surface area contributed by atoms with Gasteiger partial charge in [0.05, 0.1) is 0 Å². The van der Waals surface area contributed by atoms with Crippen LogP contribution in [-0.4, -0.2) is 10.2 Å². The number of benzene rings is 2. The lowest BCUT2D eigenvalue weighted by molar-refractivity contribution is 0.582. The first-order chi connectivity index (χ1) is 11.9. The summed E-state index contributed by atoms with van der Waals surface area (Å²) in [5, 5.41) is 8.43. The van der Waals surface area contributed by atoms with Crippen molar-refractivity contribution in [2.45, 2.75) is 26.2 Å². The van der Waals surface area contributed by atoms with E-state index >= 15 is 0 Å². The Morgan fingerprint density at radius 1 is 0.880 bits per heavy atom. The van der Waals surface area contributed by atoms with E-state index in [1.165, 1.54) is 5.56 Å². The van der Waals surface area contributed by atoms with Gasteiger partial charge in [-0.2, -0.15) is 0 Å². The molecule has 0 saturated carbocycles. The number of aromatic nitrogens is 2. The fraction of sp³-hybridized carbons (Fsp3) is 0.182. The molecule has 2 aromatic carbocycles. The van der Waals surface area contributed by atoms with Gasteiger partial charge in [0, 0.05) is 11.1 Å². The minimum absolute atomic E-state index is 0.114. The maximum atomic E-state index is 5.92. The Kier molecular flexibility index (Phi) is 4.41. The van der Waals surface area contributed by atoms with Gasteiger partial charge in [-0.3, -0.25) is 0 Å². The van der Waals surface area contributed by atoms with E-state index in [4.69, 9.17) is 4.42 Å². The van der Waals surface area contributed by atoms with Gasteiger partial charge in [-0.15, -0.1) is 10.2 Å². The molecule has 0 N–H and O–H groups in total. The maximum Gasteiger partial charge on any atom is 0.248 e. The van der Waals surface area contributed by atoms with Crippen molar-refractivity contribution in [2.24, 2.45) is 0 Å². The second-order valence-corrected chi connectivity index (χ2v) is 6.99. The van der Waals surface area contributed by atoms with Crippen LogP contribution in [0.1, 0.15) is 37.5 Å². The molecule has 0 radical (unpaired) electrons. The van der Waals surface area contributed by atoms with E-state index < -0.39 is 0 Å². The Bertz CT molecular complexity index is 912. The third kappa shape index (κ3) is 3.45. The highest BCUT2D eigenvalue weighted by Crippen LogP contribution is 2.30. The first-order valence-corrected chi connectivity index (χ1v) is 8.26. The highest BCUT2D eigenvalue weighted by Gasteiger charge is 2.16. The molecule has 1 heterocycles. The minimum Gasteiger partial charge on any atom is -0.416 e. The molecule has 25 heavy (non-hydrogen) atoms. The Labute approximate surface area is 148 Å². The second-order valence-electron chi connectivity index (χ2n) is 6.99. The molecular weight excluding hydrogens is 308 g/mol. The van der Waals surface area contributed by atoms with Gasteiger partial charge in [-0.25, -0.2) is 0 Å². The Morgan fingerprint density at radius 3 is 2.16 bits per heavy atom. The summed E-state index contributed by atoms with van der Waals surface area (Å²) in [6.45, 7) is 14.2. The summed E-state index contributed by atoms with van der Waals surface area (Å²) in [6, 6.07) is 14.2. The van der Waals surface area contributed by atoms with Gasteiger partial charge < -0.3 is 4.42 Å². The van der Waals surface area contributed by atoms with Gasteiger partial charge in [-0.05, 0) is 40.3 Å². The molecule has 0 aliphatic carbocycles. The molecule has 0 fully saturated rings. The van der Waals surface area contributed by atoms with Crippen molar-refractivity contribution in [3.05, 3.63) is 72.3 Å². The largest absolute Gasteiger partial charge is 0.416 e. The Morgan fingerprint density at radius 2 is 1.56 bits per heavy atom. The van der Waals surface area contributed by atoms with Gasteiger partial charge in [0.2, 0.25) is 11.8 Å². The van der Waals surface area contributed by atoms with E-state index in [0.29, 0.717) is 11.8 Å². The van der Waals surface area contributed by atoms with Crippen LogP contribution in [0.15, 0.2) is 60.0 Å². The minimum atomic E-state index is 0.114. The molecule has 0 atom stereocenters. The molecule has 3 rings (SSSR count). The molecule has 1 aromatic heterocycles. The Hall–Kier alpha value is -2.94. The number of hydrogen-bond donors (Lipinski definition) is 0. The summed E-state index contributed by atoms with van der Waals surface area (Å²) in [4.78, 5) is 0. The van der Waals surface area contributed by atoms with Gasteiger partial charge in [-0.1, -0.05) is 70.3 Å². The summed E-state index contributed by atoms with van der Waals surface area (Å²) >= 11 is 0. The SMILES string of the molecule is C=Cc1ccc(C=C)c(-c2nnc(-c3ccc(C(C)(C)C)cc3)o2)c1. The topological polar surface area (TPSA) is 38.9 Å². The van der Waals surface area contributed by atoms with Crippen LogP contribution in [0.5, 0.6) is 0 Å². The van der Waals surface area contributed by atoms with Crippen molar-refractivity contribution in [3.63, 3.8) is 0 Å². The number of nitrogens with zero attached hydrogens (tertiary/aromatic N) is 2. The van der Waals surface area contributed by atoms with Crippen molar-refractivity contribution < 1.29 is 4.42 Å². The molecule has 3 aromatic rings. The maximum absolute atomic E-state index is 5.92. The fourth-order valence-electron chi connectivity index (χ4n) is 2.63. The van der Waals surface area contributed by atoms with Crippen molar-refractivity contribution in [1.82, 2.24) is 10.2 Å². The summed E-state index contributed by atoms with van der Waals surface area (Å²) in [7, 11) is 0. The molecule has 0 amide bonds. The van der Waals surface area contributed by atoms with E-state index in [0.717, 1.165) is 22.3 Å². The van der Waals surface area contributed by atoms with Crippen molar-refractivity contribution in [2.75, 3.05) is 0 Å². The highest BCUT2D eigenvalue weighted by molar-refractivity contribution is 5.73. The molecule has 3 heteroatoms. The first-order valence-electron chi connectivity index (χ1n) is 8.26. The summed E-state index contributed by atoms with van der Waals surface area (Å²) in [6.07, 6.45) is 3.57. The zero-order valence-corrected chi connectivity index (χ0v) is 14.9. The molecule has 3 nitrogen and oxygen atoms in total. The fourth-order valence-corrected chi connectivity index (χ4v) is 2.63. The van der Waals surface area contributed by atoms with Crippen LogP contribution in [-0.2, 0) is 5.41 Å². The molecule has 0 aliphatic rings. The number of rotatable bonds is 4. The van der Waals surface area contributed by atoms with Gasteiger partial charge in [0.1, 0.15) is 0 Å². The zero-order valence-electron chi connectivity index (χ0n) is 14.9. The normalized spacial score (nSPS) is 11.3. The van der Waals surface area contributed by atoms with Crippen LogP contribution >= 0.6 is 0 Å². The lowest BCUT2D eigenvalue weighted by atomic mass is 9.87. The molecule has 0 aliphatic heterocycles. The molecule has 0 unspecified atom stereocenters. The van der Waals surface area contributed by atoms with Gasteiger partial charge in [0.15, 0.2) is 0 Å². The molecule has 0 bridgehead atoms. The number of hydrogen-bond acceptors (Lipinski definition) is 3. The molecule has 0 saturated heterocycles. The van der Waals surface area contributed by atoms with Crippen LogP contribution in [0.25, 0.3) is 35.1 Å². The molecular formula is C22H22N2O. The Balaban J connectivity index is 1.98. The van der Waals surface area contributed by atoms with E-state index in [9.17, 15) is 0 Å². The van der Waals surface area contributed by atoms with Crippen molar-refractivity contribution >= 4 is 12.2 Å². The van der Waals surface area contributed by atoms with Crippen LogP contribution in [0, 0.1) is 0 Å². The third-order valence-corrected chi connectivity index (χ3v) is 4.19. The first kappa shape index (κ1) is 16.9. The van der Waals surface area contributed by atoms with E-state index in [-0.39, 0.29) is 5.41 Å². The average molecular weight is 330 g/mol. The smallest absolute Gasteiger partial charge is 0.248 e. The van der Waals surface area contributed by atoms with E-state index in [2.05, 4.69) is 56.3 Å². The van der Waals surface area contributed by atoms with Crippen molar-refractivity contribution in [1.29, 1.82) is 0 Å². The van der Waals surface area contributed by atoms with Crippen LogP contribution in [0.2, 0.25) is 0 Å². The van der Waals surface area contributed by atoms with Crippen molar-refractivity contribution in [3.8, 4) is 22.9 Å². The summed E-state index contributed by atoms with van der Waals surface area (Å²) in [5.41, 5.74) is 5.09. The highest BCUT2D eigenvalue weighted by atomic mass is 16.4. The average Bonchev–Trinajstić information content (AvgIpc) is 3.10. The predicted molar refractivity (Wildman–Crippen MR) is 104 cm³/mol. The second kappa shape index (κ2) is 6.52. The van der Waals surface area contributed by atoms with E-state index in [1.54, 1.807) is 12.2 Å². The lowest BCUT2D eigenvalue weighted by Crippen LogP contribution is -2.10. The quantitative estimate of drug-likeness (QED) is 0.590. The van der Waals surface area contributed by atoms with E-state index in [1.807, 2.05) is 30.3 Å². The van der Waals surface area contributed by atoms with Crippen LogP contribution in [0.4, 0.5) is 0 Å². The standard InChI is InChI=1S/C22H22N2O/c1-6-15-8-9-16(7-2)19(14-15)21-24-23-20(25-21)17-10-12-18(13-11-17)22(3,4)5/h6-14H,1-2H2,3-5H3. The molecule has 0 spiro atoms. The van der Waals surface area contributed by atoms with Gasteiger partial charge >= 0.3 is 0 Å².